The van der Waals surface area contributed by atoms with Crippen LogP contribution in [0.5, 0.6) is 0 Å². The maximum Gasteiger partial charge on any atom is 0.254 e. The first-order valence-corrected chi connectivity index (χ1v) is 8.65. The zero-order chi connectivity index (χ0) is 16.9. The molecule has 0 atom stereocenters. The Morgan fingerprint density at radius 3 is 2.58 bits per heavy atom. The highest BCUT2D eigenvalue weighted by molar-refractivity contribution is 6.31. The van der Waals surface area contributed by atoms with Crippen molar-refractivity contribution in [3.05, 3.63) is 70.0 Å². The van der Waals surface area contributed by atoms with Crippen LogP contribution in [0, 0.1) is 5.82 Å². The highest BCUT2D eigenvalue weighted by Crippen LogP contribution is 2.15. The number of hydrogen-bond acceptors (Lipinski definition) is 1. The Morgan fingerprint density at radius 2 is 1.83 bits per heavy atom. The summed E-state index contributed by atoms with van der Waals surface area (Å²) < 4.78 is 13.8. The molecule has 0 radical (unpaired) electrons. The molecule has 2 N–H and O–H groups in total. The van der Waals surface area contributed by atoms with Crippen LogP contribution in [0.2, 0.25) is 5.02 Å². The Hall–Kier alpha value is -1.91. The van der Waals surface area contributed by atoms with Crippen LogP contribution in [0.4, 0.5) is 4.39 Å². The first kappa shape index (κ1) is 16.9. The van der Waals surface area contributed by atoms with Gasteiger partial charge in [0.1, 0.15) is 12.4 Å². The van der Waals surface area contributed by atoms with Gasteiger partial charge in [-0.15, -0.1) is 0 Å². The molecule has 1 heterocycles. The van der Waals surface area contributed by atoms with Gasteiger partial charge in [0.25, 0.3) is 5.91 Å². The van der Waals surface area contributed by atoms with E-state index in [1.807, 2.05) is 18.2 Å². The van der Waals surface area contributed by atoms with Gasteiger partial charge in [0.05, 0.1) is 18.7 Å². The number of carbonyl (C=O) groups excluding carboxylic acids is 1. The zero-order valence-electron chi connectivity index (χ0n) is 13.4. The second kappa shape index (κ2) is 7.77. The van der Waals surface area contributed by atoms with Crippen LogP contribution in [-0.4, -0.2) is 19.0 Å². The number of halogens is 2. The normalized spacial score (nSPS) is 14.8. The lowest BCUT2D eigenvalue weighted by Crippen LogP contribution is -3.08. The number of hydrogen-bond donors (Lipinski definition) is 2. The maximum atomic E-state index is 13.8. The zero-order valence-corrected chi connectivity index (χ0v) is 14.2. The van der Waals surface area contributed by atoms with E-state index in [2.05, 4.69) is 11.4 Å². The average Bonchev–Trinajstić information content (AvgIpc) is 3.09. The fraction of sp³-hybridized carbons (Fsp3) is 0.316. The summed E-state index contributed by atoms with van der Waals surface area (Å²) in [5, 5.41) is 3.15. The van der Waals surface area contributed by atoms with Gasteiger partial charge in [0.2, 0.25) is 0 Å². The number of likely N-dealkylation sites (tertiary alicyclic amines) is 1. The lowest BCUT2D eigenvalue weighted by Gasteiger charge is -2.15. The van der Waals surface area contributed by atoms with Crippen molar-refractivity contribution >= 4 is 17.5 Å². The first-order chi connectivity index (χ1) is 11.6. The molecule has 5 heteroatoms. The molecular formula is C19H21ClFN2O+. The molecule has 0 bridgehead atoms. The lowest BCUT2D eigenvalue weighted by atomic mass is 10.1. The third kappa shape index (κ3) is 4.13. The van der Waals surface area contributed by atoms with Crippen LogP contribution in [0.3, 0.4) is 0 Å². The van der Waals surface area contributed by atoms with Crippen molar-refractivity contribution in [2.75, 3.05) is 13.1 Å². The average molecular weight is 348 g/mol. The van der Waals surface area contributed by atoms with Crippen LogP contribution in [0.1, 0.15) is 34.3 Å². The number of amides is 1. The molecule has 0 unspecified atom stereocenters. The Bertz CT molecular complexity index is 729. The van der Waals surface area contributed by atoms with Crippen LogP contribution in [-0.2, 0) is 13.1 Å². The van der Waals surface area contributed by atoms with Gasteiger partial charge in [-0.2, -0.15) is 0 Å². The molecule has 1 aliphatic rings. The molecule has 1 aliphatic heterocycles. The standard InChI is InChI=1S/C19H20ClFN2O/c20-16-7-8-18(21)17(11-16)19(24)22-12-14-5-1-2-6-15(14)13-23-9-3-4-10-23/h1-2,5-8,11H,3-4,9-10,12-13H2,(H,22,24)/p+1. The fourth-order valence-electron chi connectivity index (χ4n) is 3.17. The molecule has 0 saturated carbocycles. The topological polar surface area (TPSA) is 33.5 Å². The van der Waals surface area contributed by atoms with Gasteiger partial charge in [-0.1, -0.05) is 35.9 Å². The second-order valence-electron chi connectivity index (χ2n) is 6.21. The Balaban J connectivity index is 1.67. The van der Waals surface area contributed by atoms with E-state index < -0.39 is 11.7 Å². The van der Waals surface area contributed by atoms with Crippen molar-refractivity contribution in [2.24, 2.45) is 0 Å². The van der Waals surface area contributed by atoms with E-state index in [1.165, 1.54) is 49.7 Å². The predicted octanol–water partition coefficient (Wildman–Crippen LogP) is 2.59. The van der Waals surface area contributed by atoms with E-state index in [-0.39, 0.29) is 5.56 Å². The largest absolute Gasteiger partial charge is 0.348 e. The molecule has 0 spiro atoms. The summed E-state index contributed by atoms with van der Waals surface area (Å²) >= 11 is 5.85. The summed E-state index contributed by atoms with van der Waals surface area (Å²) in [5.74, 6) is -1.01. The van der Waals surface area contributed by atoms with Gasteiger partial charge in [-0.25, -0.2) is 4.39 Å². The molecule has 0 aliphatic carbocycles. The molecule has 1 fully saturated rings. The Kier molecular flexibility index (Phi) is 5.48. The molecule has 3 nitrogen and oxygen atoms in total. The van der Waals surface area contributed by atoms with Gasteiger partial charge in [0.15, 0.2) is 0 Å². The molecule has 1 amide bonds. The van der Waals surface area contributed by atoms with Crippen LogP contribution < -0.4 is 10.2 Å². The quantitative estimate of drug-likeness (QED) is 0.856. The van der Waals surface area contributed by atoms with Crippen molar-refractivity contribution in [3.63, 3.8) is 0 Å². The maximum absolute atomic E-state index is 13.8. The summed E-state index contributed by atoms with van der Waals surface area (Å²) in [6.45, 7) is 3.76. The van der Waals surface area contributed by atoms with Crippen LogP contribution in [0.25, 0.3) is 0 Å². The lowest BCUT2D eigenvalue weighted by molar-refractivity contribution is -0.901. The molecule has 1 saturated heterocycles. The minimum absolute atomic E-state index is 0.0230. The van der Waals surface area contributed by atoms with Gasteiger partial charge in [-0.3, -0.25) is 4.79 Å². The Labute approximate surface area is 146 Å². The third-order valence-electron chi connectivity index (χ3n) is 4.48. The van der Waals surface area contributed by atoms with E-state index in [1.54, 1.807) is 4.90 Å². The number of nitrogens with one attached hydrogen (secondary N) is 2. The summed E-state index contributed by atoms with van der Waals surface area (Å²) in [5.41, 5.74) is 2.29. The molecule has 0 aromatic heterocycles. The Morgan fingerprint density at radius 1 is 1.12 bits per heavy atom. The van der Waals surface area contributed by atoms with Gasteiger partial charge in [0, 0.05) is 30.0 Å². The number of rotatable bonds is 5. The molecular weight excluding hydrogens is 327 g/mol. The molecule has 2 aromatic rings. The van der Waals surface area contributed by atoms with Gasteiger partial charge >= 0.3 is 0 Å². The highest BCUT2D eigenvalue weighted by Gasteiger charge is 2.18. The molecule has 2 aromatic carbocycles. The van der Waals surface area contributed by atoms with Crippen LogP contribution >= 0.6 is 11.6 Å². The van der Waals surface area contributed by atoms with Crippen molar-refractivity contribution in [1.82, 2.24) is 5.32 Å². The van der Waals surface area contributed by atoms with Crippen molar-refractivity contribution in [3.8, 4) is 0 Å². The summed E-state index contributed by atoms with van der Waals surface area (Å²) in [4.78, 5) is 13.8. The first-order valence-electron chi connectivity index (χ1n) is 8.27. The predicted molar refractivity (Wildman–Crippen MR) is 92.7 cm³/mol. The number of carbonyl (C=O) groups is 1. The smallest absolute Gasteiger partial charge is 0.254 e. The minimum atomic E-state index is -0.563. The summed E-state index contributed by atoms with van der Waals surface area (Å²) in [6.07, 6.45) is 2.56. The van der Waals surface area contributed by atoms with Crippen molar-refractivity contribution in [2.45, 2.75) is 25.9 Å². The fourth-order valence-corrected chi connectivity index (χ4v) is 3.34. The monoisotopic (exact) mass is 347 g/mol. The third-order valence-corrected chi connectivity index (χ3v) is 4.72. The minimum Gasteiger partial charge on any atom is -0.348 e. The number of benzene rings is 2. The van der Waals surface area contributed by atoms with Gasteiger partial charge in [-0.05, 0) is 23.8 Å². The van der Waals surface area contributed by atoms with Crippen LogP contribution in [0.15, 0.2) is 42.5 Å². The summed E-state index contributed by atoms with van der Waals surface area (Å²) in [6, 6.07) is 12.1. The van der Waals surface area contributed by atoms with E-state index in [0.717, 1.165) is 12.1 Å². The van der Waals surface area contributed by atoms with Crippen molar-refractivity contribution in [1.29, 1.82) is 0 Å². The molecule has 126 valence electrons. The van der Waals surface area contributed by atoms with E-state index >= 15 is 0 Å². The molecule has 24 heavy (non-hydrogen) atoms. The van der Waals surface area contributed by atoms with E-state index in [9.17, 15) is 9.18 Å². The highest BCUT2D eigenvalue weighted by atomic mass is 35.5. The number of quaternary nitrogens is 1. The second-order valence-corrected chi connectivity index (χ2v) is 6.65. The van der Waals surface area contributed by atoms with E-state index in [4.69, 9.17) is 11.6 Å². The SMILES string of the molecule is O=C(NCc1ccccc1C[NH+]1CCCC1)c1cc(Cl)ccc1F. The molecule has 3 rings (SSSR count). The summed E-state index contributed by atoms with van der Waals surface area (Å²) in [7, 11) is 0. The van der Waals surface area contributed by atoms with Crippen molar-refractivity contribution < 1.29 is 14.1 Å². The van der Waals surface area contributed by atoms with E-state index in [0.29, 0.717) is 11.6 Å². The van der Waals surface area contributed by atoms with Gasteiger partial charge < -0.3 is 10.2 Å².